The fraction of sp³-hybridized carbons (Fsp3) is 0.250. The van der Waals surface area contributed by atoms with Crippen LogP contribution in [0.1, 0.15) is 34.4 Å². The molecule has 0 atom stereocenters. The topological polar surface area (TPSA) is 77.0 Å². The summed E-state index contributed by atoms with van der Waals surface area (Å²) in [4.78, 5) is 16.5. The van der Waals surface area contributed by atoms with Crippen molar-refractivity contribution in [1.29, 1.82) is 0 Å². The molecule has 0 fully saturated rings. The Morgan fingerprint density at radius 3 is 3.04 bits per heavy atom. The average molecular weight is 360 g/mol. The van der Waals surface area contributed by atoms with Crippen molar-refractivity contribution in [2.75, 3.05) is 5.32 Å². The van der Waals surface area contributed by atoms with E-state index in [-0.39, 0.29) is 5.91 Å². The summed E-state index contributed by atoms with van der Waals surface area (Å²) in [6, 6.07) is 7.04. The maximum Gasteiger partial charge on any atom is 0.257 e. The third-order valence-electron chi connectivity index (χ3n) is 3.12. The van der Waals surface area contributed by atoms with Crippen LogP contribution in [0.4, 0.5) is 5.13 Å². The zero-order valence-corrected chi connectivity index (χ0v) is 14.7. The molecule has 6 nitrogen and oxygen atoms in total. The van der Waals surface area contributed by atoms with E-state index in [0.717, 1.165) is 23.5 Å². The molecule has 0 aliphatic carbocycles. The quantitative estimate of drug-likeness (QED) is 0.694. The van der Waals surface area contributed by atoms with Gasteiger partial charge in [0.25, 0.3) is 5.91 Å². The highest BCUT2D eigenvalue weighted by atomic mass is 32.1. The molecule has 0 aliphatic rings. The summed E-state index contributed by atoms with van der Waals surface area (Å²) >= 11 is 2.92. The number of carbonyl (C=O) groups is 1. The van der Waals surface area contributed by atoms with E-state index in [2.05, 4.69) is 27.4 Å². The fourth-order valence-electron chi connectivity index (χ4n) is 1.98. The Labute approximate surface area is 147 Å². The fourth-order valence-corrected chi connectivity index (χ4v) is 3.36. The molecule has 0 bridgehead atoms. The van der Waals surface area contributed by atoms with Crippen LogP contribution in [0.2, 0.25) is 0 Å². The largest absolute Gasteiger partial charge is 0.487 e. The van der Waals surface area contributed by atoms with E-state index < -0.39 is 0 Å². The number of nitrogens with zero attached hydrogens (tertiary/aromatic N) is 3. The summed E-state index contributed by atoms with van der Waals surface area (Å²) in [5, 5.41) is 14.2. The first-order chi connectivity index (χ1) is 11.7. The van der Waals surface area contributed by atoms with Gasteiger partial charge in [0.1, 0.15) is 17.4 Å². The number of hydrogen-bond donors (Lipinski definition) is 1. The molecule has 8 heteroatoms. The number of ether oxygens (including phenoxy) is 1. The number of anilines is 1. The van der Waals surface area contributed by atoms with Crippen LogP contribution in [-0.2, 0) is 13.0 Å². The smallest absolute Gasteiger partial charge is 0.257 e. The zero-order chi connectivity index (χ0) is 16.8. The summed E-state index contributed by atoms with van der Waals surface area (Å²) in [6.45, 7) is 2.46. The second kappa shape index (κ2) is 7.98. The lowest BCUT2D eigenvalue weighted by atomic mass is 10.2. The van der Waals surface area contributed by atoms with Crippen LogP contribution >= 0.6 is 22.7 Å². The highest BCUT2D eigenvalue weighted by Crippen LogP contribution is 2.19. The number of hydrogen-bond acceptors (Lipinski definition) is 7. The predicted molar refractivity (Wildman–Crippen MR) is 94.7 cm³/mol. The molecule has 0 saturated carbocycles. The van der Waals surface area contributed by atoms with Crippen LogP contribution in [0.3, 0.4) is 0 Å². The highest BCUT2D eigenvalue weighted by molar-refractivity contribution is 7.15. The molecule has 2 aromatic heterocycles. The Hall–Kier alpha value is -2.32. The molecular formula is C16H16N4O2S2. The Morgan fingerprint density at radius 1 is 1.33 bits per heavy atom. The molecule has 2 heterocycles. The first kappa shape index (κ1) is 16.5. The van der Waals surface area contributed by atoms with Crippen LogP contribution in [0.15, 0.2) is 35.2 Å². The van der Waals surface area contributed by atoms with E-state index in [1.807, 2.05) is 11.4 Å². The van der Waals surface area contributed by atoms with Gasteiger partial charge >= 0.3 is 0 Å². The number of aryl methyl sites for hydroxylation is 1. The number of rotatable bonds is 7. The summed E-state index contributed by atoms with van der Waals surface area (Å²) in [5.74, 6) is 0.396. The normalized spacial score (nSPS) is 10.5. The minimum Gasteiger partial charge on any atom is -0.487 e. The molecule has 3 rings (SSSR count). The van der Waals surface area contributed by atoms with E-state index in [1.165, 1.54) is 22.7 Å². The zero-order valence-electron chi connectivity index (χ0n) is 13.1. The summed E-state index contributed by atoms with van der Waals surface area (Å²) in [6.07, 6.45) is 1.87. The lowest BCUT2D eigenvalue weighted by molar-refractivity contribution is 0.102. The molecule has 0 saturated heterocycles. The van der Waals surface area contributed by atoms with Gasteiger partial charge in [-0.2, -0.15) is 0 Å². The number of nitrogens with one attached hydrogen (secondary N) is 1. The maximum absolute atomic E-state index is 12.3. The highest BCUT2D eigenvalue weighted by Gasteiger charge is 2.11. The third kappa shape index (κ3) is 4.36. The van der Waals surface area contributed by atoms with Crippen molar-refractivity contribution in [3.05, 3.63) is 51.4 Å². The predicted octanol–water partition coefficient (Wildman–Crippen LogP) is 3.78. The molecule has 24 heavy (non-hydrogen) atoms. The molecule has 1 N–H and O–H groups in total. The summed E-state index contributed by atoms with van der Waals surface area (Å²) < 4.78 is 5.67. The molecular weight excluding hydrogens is 344 g/mol. The number of carbonyl (C=O) groups excluding carboxylic acids is 1. The lowest BCUT2D eigenvalue weighted by Gasteiger charge is -2.06. The molecule has 1 aromatic carbocycles. The van der Waals surface area contributed by atoms with Gasteiger partial charge < -0.3 is 4.74 Å². The Bertz CT molecular complexity index is 802. The van der Waals surface area contributed by atoms with E-state index in [9.17, 15) is 4.79 Å². The van der Waals surface area contributed by atoms with Gasteiger partial charge in [0.05, 0.1) is 11.2 Å². The van der Waals surface area contributed by atoms with Gasteiger partial charge in [0, 0.05) is 17.4 Å². The van der Waals surface area contributed by atoms with Crippen LogP contribution in [0.5, 0.6) is 5.75 Å². The van der Waals surface area contributed by atoms with E-state index in [4.69, 9.17) is 4.74 Å². The van der Waals surface area contributed by atoms with E-state index in [1.54, 1.807) is 23.7 Å². The van der Waals surface area contributed by atoms with Gasteiger partial charge in [0.2, 0.25) is 5.13 Å². The monoisotopic (exact) mass is 360 g/mol. The molecule has 3 aromatic rings. The number of thiazole rings is 1. The average Bonchev–Trinajstić information content (AvgIpc) is 3.26. The number of benzene rings is 1. The van der Waals surface area contributed by atoms with E-state index >= 15 is 0 Å². The minimum absolute atomic E-state index is 0.228. The minimum atomic E-state index is -0.228. The molecule has 124 valence electrons. The van der Waals surface area contributed by atoms with Crippen LogP contribution in [-0.4, -0.2) is 21.1 Å². The van der Waals surface area contributed by atoms with Crippen molar-refractivity contribution in [1.82, 2.24) is 15.2 Å². The van der Waals surface area contributed by atoms with Crippen molar-refractivity contribution in [2.45, 2.75) is 26.4 Å². The van der Waals surface area contributed by atoms with Gasteiger partial charge in [-0.25, -0.2) is 4.98 Å². The van der Waals surface area contributed by atoms with Crippen LogP contribution < -0.4 is 10.1 Å². The first-order valence-corrected chi connectivity index (χ1v) is 9.24. The second-order valence-electron chi connectivity index (χ2n) is 5.00. The standard InChI is InChI=1S/C16H16N4O2S2/c1-2-4-14-19-20-16(24-14)18-15(21)11-5-3-6-13(7-11)22-8-12-9-23-10-17-12/h3,5-7,9-10H,2,4,8H2,1H3,(H,18,20,21). The molecule has 0 aliphatic heterocycles. The van der Waals surface area contributed by atoms with Crippen molar-refractivity contribution in [2.24, 2.45) is 0 Å². The van der Waals surface area contributed by atoms with Crippen molar-refractivity contribution < 1.29 is 9.53 Å². The van der Waals surface area contributed by atoms with Crippen LogP contribution in [0, 0.1) is 0 Å². The molecule has 0 unspecified atom stereocenters. The Kier molecular flexibility index (Phi) is 5.50. The number of amides is 1. The van der Waals surface area contributed by atoms with E-state index in [0.29, 0.717) is 23.1 Å². The van der Waals surface area contributed by atoms with Gasteiger partial charge in [-0.1, -0.05) is 24.3 Å². The Balaban J connectivity index is 1.62. The number of aromatic nitrogens is 3. The second-order valence-corrected chi connectivity index (χ2v) is 6.78. The first-order valence-electron chi connectivity index (χ1n) is 7.48. The molecule has 1 amide bonds. The van der Waals surface area contributed by atoms with Crippen LogP contribution in [0.25, 0.3) is 0 Å². The third-order valence-corrected chi connectivity index (χ3v) is 4.65. The maximum atomic E-state index is 12.3. The van der Waals surface area contributed by atoms with Crippen molar-refractivity contribution in [3.8, 4) is 5.75 Å². The summed E-state index contributed by atoms with van der Waals surface area (Å²) in [7, 11) is 0. The lowest BCUT2D eigenvalue weighted by Crippen LogP contribution is -2.11. The molecule has 0 radical (unpaired) electrons. The van der Waals surface area contributed by atoms with Gasteiger partial charge in [-0.15, -0.1) is 21.5 Å². The SMILES string of the molecule is CCCc1nnc(NC(=O)c2cccc(OCc3cscn3)c2)s1. The van der Waals surface area contributed by atoms with Crippen molar-refractivity contribution >= 4 is 33.7 Å². The van der Waals surface area contributed by atoms with Gasteiger partial charge in [-0.05, 0) is 24.6 Å². The summed E-state index contributed by atoms with van der Waals surface area (Å²) in [5.41, 5.74) is 3.14. The Morgan fingerprint density at radius 2 is 2.25 bits per heavy atom. The van der Waals surface area contributed by atoms with Gasteiger partial charge in [0.15, 0.2) is 0 Å². The van der Waals surface area contributed by atoms with Gasteiger partial charge in [-0.3, -0.25) is 10.1 Å². The van der Waals surface area contributed by atoms with Crippen molar-refractivity contribution in [3.63, 3.8) is 0 Å². The molecule has 0 spiro atoms.